The number of fused-ring (bicyclic) bond motifs is 4. The van der Waals surface area contributed by atoms with Crippen molar-refractivity contribution in [1.82, 2.24) is 9.80 Å². The zero-order valence-electron chi connectivity index (χ0n) is 33.6. The maximum Gasteiger partial charge on any atom is 0.288 e. The molecule has 0 bridgehead atoms. The molecule has 2 amide bonds. The van der Waals surface area contributed by atoms with E-state index in [0.29, 0.717) is 35.6 Å². The van der Waals surface area contributed by atoms with Crippen molar-refractivity contribution in [3.8, 4) is 23.0 Å². The second-order valence-corrected chi connectivity index (χ2v) is 16.7. The Labute approximate surface area is 358 Å². The fourth-order valence-electron chi connectivity index (χ4n) is 8.00. The van der Waals surface area contributed by atoms with Gasteiger partial charge < -0.3 is 39.4 Å². The molecule has 0 saturated carbocycles. The summed E-state index contributed by atoms with van der Waals surface area (Å²) in [4.78, 5) is 36.5. The predicted molar refractivity (Wildman–Crippen MR) is 228 cm³/mol. The van der Waals surface area contributed by atoms with Crippen molar-refractivity contribution in [2.45, 2.75) is 56.8 Å². The first-order chi connectivity index (χ1) is 29.4. The van der Waals surface area contributed by atoms with Crippen molar-refractivity contribution in [3.05, 3.63) is 119 Å². The summed E-state index contributed by atoms with van der Waals surface area (Å²) in [5.41, 5.74) is 6.74. The number of aryl methyl sites for hydroxylation is 2. The zero-order chi connectivity index (χ0) is 43.0. The van der Waals surface area contributed by atoms with Crippen molar-refractivity contribution in [3.63, 3.8) is 0 Å². The average Bonchev–Trinajstić information content (AvgIpc) is 3.85. The van der Waals surface area contributed by atoms with Gasteiger partial charge in [0.1, 0.15) is 0 Å². The van der Waals surface area contributed by atoms with Crippen LogP contribution in [0.25, 0.3) is 11.1 Å². The molecule has 0 aromatic heterocycles. The molecule has 320 valence electrons. The summed E-state index contributed by atoms with van der Waals surface area (Å²) in [5.74, 6) is 0.383. The van der Waals surface area contributed by atoms with E-state index in [1.807, 2.05) is 68.6 Å². The van der Waals surface area contributed by atoms with Crippen LogP contribution in [0.2, 0.25) is 0 Å². The monoisotopic (exact) mass is 872 g/mol. The number of hydrogen-bond acceptors (Lipinski definition) is 14. The molecule has 3 N–H and O–H groups in total. The van der Waals surface area contributed by atoms with Crippen molar-refractivity contribution < 1.29 is 55.8 Å². The number of methoxy groups -OCH3 is 2. The Hall–Kier alpha value is -5.76. The number of amides is 2. The molecule has 4 aliphatic heterocycles. The van der Waals surface area contributed by atoms with Crippen molar-refractivity contribution in [2.75, 3.05) is 38.1 Å². The third-order valence-electron chi connectivity index (χ3n) is 11.1. The third-order valence-corrected chi connectivity index (χ3v) is 12.3. The Morgan fingerprint density at radius 1 is 0.705 bits per heavy atom. The average molecular weight is 873 g/mol. The summed E-state index contributed by atoms with van der Waals surface area (Å²) in [5, 5.41) is 9.40. The normalized spacial score (nSPS) is 20.5. The van der Waals surface area contributed by atoms with Crippen LogP contribution < -0.4 is 29.6 Å². The first kappa shape index (κ1) is 42.0. The van der Waals surface area contributed by atoms with E-state index < -0.39 is 39.7 Å². The van der Waals surface area contributed by atoms with Crippen LogP contribution in [-0.4, -0.2) is 85.7 Å². The summed E-state index contributed by atoms with van der Waals surface area (Å²) in [6, 6.07) is 20.5. The largest absolute Gasteiger partial charge is 0.493 e. The summed E-state index contributed by atoms with van der Waals surface area (Å²) < 4.78 is 63.9. The SMILES string of the molecule is COc1cc2c(cc1OCCCOc1cc3c(cc1OC)C(=O)N1C=C(c4ccc(C)cc4)C[C@H]1C(S(=O)(=O)O)N3)NC(OOOS)[C@@H]1CC(c3ccc(C)cc3)=CN1C2=O. The molecule has 8 rings (SSSR count). The second kappa shape index (κ2) is 17.3. The highest BCUT2D eigenvalue weighted by molar-refractivity contribution is 7.86. The molecule has 4 aromatic carbocycles. The number of hydrogen-bond donors (Lipinski definition) is 4. The number of carbonyl (C=O) groups excluding carboxylic acids is 2. The van der Waals surface area contributed by atoms with Gasteiger partial charge in [-0.2, -0.15) is 13.3 Å². The molecule has 0 fully saturated rings. The van der Waals surface area contributed by atoms with E-state index in [1.54, 1.807) is 23.2 Å². The third kappa shape index (κ3) is 8.46. The van der Waals surface area contributed by atoms with E-state index in [2.05, 4.69) is 27.9 Å². The van der Waals surface area contributed by atoms with Crippen LogP contribution in [0.5, 0.6) is 23.0 Å². The second-order valence-electron chi connectivity index (χ2n) is 15.0. The van der Waals surface area contributed by atoms with E-state index >= 15 is 0 Å². The number of carbonyl (C=O) groups is 2. The van der Waals surface area contributed by atoms with Gasteiger partial charge in [-0.3, -0.25) is 14.1 Å². The lowest BCUT2D eigenvalue weighted by Crippen LogP contribution is -2.46. The first-order valence-corrected chi connectivity index (χ1v) is 21.3. The van der Waals surface area contributed by atoms with Gasteiger partial charge in [-0.05, 0) is 61.1 Å². The molecule has 18 heteroatoms. The molecular weight excluding hydrogens is 829 g/mol. The summed E-state index contributed by atoms with van der Waals surface area (Å²) in [6.07, 6.45) is 3.59. The van der Waals surface area contributed by atoms with E-state index in [9.17, 15) is 22.6 Å². The quantitative estimate of drug-likeness (QED) is 0.0259. The molecule has 16 nitrogen and oxygen atoms in total. The standard InChI is InChI=1S/C43H44N4O12S2/c1-24-6-10-26(11-7-24)28-16-34-40(57-58-59-60)44-32-20-38(36(53-3)18-30(32)42(48)46(34)22-28)55-14-5-15-56-39-21-33-31(19-37(39)54-4)43(49)47-23-29(27-12-8-25(2)9-13-27)17-35(47)41(45-33)61(50,51)52/h6-13,18-23,34-35,40-41,44-45,60H,5,14-17H2,1-4H3,(H,50,51,52)/t34-,35-,40?,41?/m0/s1. The van der Waals surface area contributed by atoms with Gasteiger partial charge >= 0.3 is 0 Å². The van der Waals surface area contributed by atoms with E-state index in [0.717, 1.165) is 33.4 Å². The fraction of sp³-hybridized carbons (Fsp3) is 0.302. The number of anilines is 2. The minimum Gasteiger partial charge on any atom is -0.493 e. The molecule has 4 aromatic rings. The topological polar surface area (TPSA) is 184 Å². The van der Waals surface area contributed by atoms with Gasteiger partial charge in [0.2, 0.25) is 0 Å². The molecular formula is C43H44N4O12S2. The van der Waals surface area contributed by atoms with Crippen molar-refractivity contribution in [2.24, 2.45) is 0 Å². The van der Waals surface area contributed by atoms with Gasteiger partial charge in [0.05, 0.1) is 62.0 Å². The fourth-order valence-corrected chi connectivity index (χ4v) is 8.94. The minimum atomic E-state index is -4.69. The minimum absolute atomic E-state index is 0.121. The Morgan fingerprint density at radius 3 is 1.66 bits per heavy atom. The van der Waals surface area contributed by atoms with Gasteiger partial charge in [-0.1, -0.05) is 64.7 Å². The van der Waals surface area contributed by atoms with Gasteiger partial charge in [-0.15, -0.1) is 4.33 Å². The van der Waals surface area contributed by atoms with Crippen LogP contribution in [0.4, 0.5) is 11.4 Å². The molecule has 0 saturated heterocycles. The highest BCUT2D eigenvalue weighted by Crippen LogP contribution is 2.43. The Balaban J connectivity index is 0.971. The van der Waals surface area contributed by atoms with E-state index in [-0.39, 0.29) is 48.3 Å². The molecule has 4 atom stereocenters. The van der Waals surface area contributed by atoms with Crippen LogP contribution in [0.1, 0.15) is 62.2 Å². The lowest BCUT2D eigenvalue weighted by molar-refractivity contribution is -0.475. The van der Waals surface area contributed by atoms with Gasteiger partial charge in [0.25, 0.3) is 21.9 Å². The molecule has 0 radical (unpaired) electrons. The number of nitrogens with one attached hydrogen (secondary N) is 2. The van der Waals surface area contributed by atoms with Crippen LogP contribution in [0.15, 0.2) is 85.2 Å². The molecule has 0 spiro atoms. The van der Waals surface area contributed by atoms with Gasteiger partial charge in [0, 0.05) is 43.9 Å². The Morgan fingerprint density at radius 2 is 1.18 bits per heavy atom. The number of ether oxygens (including phenoxy) is 4. The molecule has 61 heavy (non-hydrogen) atoms. The van der Waals surface area contributed by atoms with Crippen LogP contribution in [-0.2, 0) is 24.4 Å². The van der Waals surface area contributed by atoms with Crippen LogP contribution in [0, 0.1) is 13.8 Å². The first-order valence-electron chi connectivity index (χ1n) is 19.4. The maximum atomic E-state index is 14.1. The van der Waals surface area contributed by atoms with Gasteiger partial charge in [0.15, 0.2) is 34.6 Å². The van der Waals surface area contributed by atoms with E-state index in [4.69, 9.17) is 28.9 Å². The zero-order valence-corrected chi connectivity index (χ0v) is 35.3. The summed E-state index contributed by atoms with van der Waals surface area (Å²) in [7, 11) is -1.78. The van der Waals surface area contributed by atoms with Crippen molar-refractivity contribution in [1.29, 1.82) is 0 Å². The highest BCUT2D eigenvalue weighted by atomic mass is 32.2. The molecule has 2 unspecified atom stereocenters. The Kier molecular flexibility index (Phi) is 11.9. The lowest BCUT2D eigenvalue weighted by Gasteiger charge is -2.26. The van der Waals surface area contributed by atoms with Gasteiger partial charge in [-0.25, -0.2) is 0 Å². The van der Waals surface area contributed by atoms with Crippen molar-refractivity contribution >= 4 is 57.4 Å². The number of nitrogens with zero attached hydrogens (tertiary/aromatic N) is 2. The Bertz CT molecular complexity index is 2510. The smallest absolute Gasteiger partial charge is 0.288 e. The van der Waals surface area contributed by atoms with Crippen LogP contribution >= 0.6 is 12.9 Å². The molecule has 0 aliphatic carbocycles. The highest BCUT2D eigenvalue weighted by Gasteiger charge is 2.46. The summed E-state index contributed by atoms with van der Waals surface area (Å²) >= 11 is 3.63. The number of thiol groups is 1. The van der Waals surface area contributed by atoms with Crippen LogP contribution in [0.3, 0.4) is 0 Å². The summed E-state index contributed by atoms with van der Waals surface area (Å²) in [6.45, 7) is 4.24. The number of benzene rings is 4. The maximum absolute atomic E-state index is 14.1. The molecule has 4 aliphatic rings. The molecule has 4 heterocycles. The number of rotatable bonds is 14. The van der Waals surface area contributed by atoms with E-state index in [1.165, 1.54) is 31.3 Å². The lowest BCUT2D eigenvalue weighted by atomic mass is 10.0. The predicted octanol–water partition coefficient (Wildman–Crippen LogP) is 6.80.